The zero-order valence-electron chi connectivity index (χ0n) is 10.5. The Balaban J connectivity index is 2.27. The standard InChI is InChI=1S/C13H14N2O3S/c1-19(17,18)12-5-3-2-4-10(12)6-7-11-8-9-13(16)15-14-11/h2-7H,8-9H2,1H3,(H,15,16). The summed E-state index contributed by atoms with van der Waals surface area (Å²) in [6.07, 6.45) is 5.56. The summed E-state index contributed by atoms with van der Waals surface area (Å²) in [7, 11) is -3.26. The minimum absolute atomic E-state index is 0.103. The van der Waals surface area contributed by atoms with E-state index in [9.17, 15) is 13.2 Å². The third-order valence-electron chi connectivity index (χ3n) is 2.71. The lowest BCUT2D eigenvalue weighted by molar-refractivity contribution is -0.121. The van der Waals surface area contributed by atoms with E-state index in [4.69, 9.17) is 0 Å². The molecule has 1 aromatic carbocycles. The van der Waals surface area contributed by atoms with Gasteiger partial charge in [0.2, 0.25) is 5.91 Å². The molecule has 0 saturated heterocycles. The Hall–Kier alpha value is -1.95. The Morgan fingerprint density at radius 1 is 1.21 bits per heavy atom. The van der Waals surface area contributed by atoms with Gasteiger partial charge in [-0.25, -0.2) is 13.8 Å². The molecular weight excluding hydrogens is 264 g/mol. The molecule has 1 aromatic rings. The summed E-state index contributed by atoms with van der Waals surface area (Å²) in [6, 6.07) is 6.76. The number of rotatable bonds is 3. The van der Waals surface area contributed by atoms with Crippen LogP contribution in [0.3, 0.4) is 0 Å². The van der Waals surface area contributed by atoms with Gasteiger partial charge in [-0.2, -0.15) is 5.10 Å². The van der Waals surface area contributed by atoms with E-state index in [0.29, 0.717) is 18.4 Å². The van der Waals surface area contributed by atoms with E-state index in [1.54, 1.807) is 36.4 Å². The van der Waals surface area contributed by atoms with Gasteiger partial charge in [0.05, 0.1) is 10.6 Å². The van der Waals surface area contributed by atoms with Gasteiger partial charge < -0.3 is 0 Å². The van der Waals surface area contributed by atoms with Crippen molar-refractivity contribution in [2.24, 2.45) is 5.10 Å². The number of benzene rings is 1. The predicted molar refractivity (Wildman–Crippen MR) is 73.4 cm³/mol. The number of hydrogen-bond donors (Lipinski definition) is 1. The number of carbonyl (C=O) groups is 1. The maximum Gasteiger partial charge on any atom is 0.240 e. The molecule has 0 aromatic heterocycles. The van der Waals surface area contributed by atoms with Crippen LogP contribution in [0.2, 0.25) is 0 Å². The van der Waals surface area contributed by atoms with Crippen LogP contribution in [0.1, 0.15) is 18.4 Å². The van der Waals surface area contributed by atoms with Crippen LogP contribution in [-0.2, 0) is 14.6 Å². The number of hydrazone groups is 1. The first-order chi connectivity index (χ1) is 8.97. The van der Waals surface area contributed by atoms with E-state index >= 15 is 0 Å². The molecular formula is C13H14N2O3S. The average Bonchev–Trinajstić information content (AvgIpc) is 2.37. The van der Waals surface area contributed by atoms with Crippen molar-refractivity contribution in [3.8, 4) is 0 Å². The van der Waals surface area contributed by atoms with E-state index in [1.807, 2.05) is 0 Å². The molecule has 0 saturated carbocycles. The zero-order valence-corrected chi connectivity index (χ0v) is 11.3. The zero-order chi connectivity index (χ0) is 13.9. The van der Waals surface area contributed by atoms with Crippen LogP contribution in [0.5, 0.6) is 0 Å². The molecule has 2 rings (SSSR count). The summed E-state index contributed by atoms with van der Waals surface area (Å²) < 4.78 is 23.3. The second kappa shape index (κ2) is 5.36. The van der Waals surface area contributed by atoms with Crippen molar-refractivity contribution in [3.05, 3.63) is 35.9 Å². The smallest absolute Gasteiger partial charge is 0.240 e. The van der Waals surface area contributed by atoms with Gasteiger partial charge in [-0.3, -0.25) is 4.79 Å². The molecule has 1 aliphatic rings. The summed E-state index contributed by atoms with van der Waals surface area (Å²) in [5, 5.41) is 3.90. The second-order valence-electron chi connectivity index (χ2n) is 4.28. The van der Waals surface area contributed by atoms with Crippen molar-refractivity contribution in [1.29, 1.82) is 0 Å². The molecule has 0 atom stereocenters. The van der Waals surface area contributed by atoms with Gasteiger partial charge in [-0.05, 0) is 17.7 Å². The number of nitrogens with zero attached hydrogens (tertiary/aromatic N) is 1. The number of nitrogens with one attached hydrogen (secondary N) is 1. The van der Waals surface area contributed by atoms with Crippen LogP contribution in [0, 0.1) is 0 Å². The third kappa shape index (κ3) is 3.51. The maximum absolute atomic E-state index is 11.6. The number of sulfone groups is 1. The Morgan fingerprint density at radius 3 is 2.58 bits per heavy atom. The molecule has 0 bridgehead atoms. The minimum Gasteiger partial charge on any atom is -0.273 e. The first kappa shape index (κ1) is 13.5. The molecule has 1 amide bonds. The fourth-order valence-corrected chi connectivity index (χ4v) is 2.64. The third-order valence-corrected chi connectivity index (χ3v) is 3.88. The van der Waals surface area contributed by atoms with Crippen LogP contribution < -0.4 is 5.43 Å². The van der Waals surface area contributed by atoms with Crippen LogP contribution in [0.25, 0.3) is 6.08 Å². The molecule has 0 spiro atoms. The second-order valence-corrected chi connectivity index (χ2v) is 6.27. The Bertz CT molecular complexity index is 660. The van der Waals surface area contributed by atoms with Crippen LogP contribution in [0.4, 0.5) is 0 Å². The molecule has 6 heteroatoms. The summed E-state index contributed by atoms with van der Waals surface area (Å²) in [5.74, 6) is -0.103. The van der Waals surface area contributed by atoms with E-state index in [0.717, 1.165) is 5.71 Å². The van der Waals surface area contributed by atoms with E-state index in [2.05, 4.69) is 10.5 Å². The lowest BCUT2D eigenvalue weighted by Crippen LogP contribution is -2.24. The molecule has 1 N–H and O–H groups in total. The Kier molecular flexibility index (Phi) is 3.80. The van der Waals surface area contributed by atoms with Gasteiger partial charge in [0.15, 0.2) is 9.84 Å². The summed E-state index contributed by atoms with van der Waals surface area (Å²) in [4.78, 5) is 11.2. The van der Waals surface area contributed by atoms with Gasteiger partial charge >= 0.3 is 0 Å². The number of hydrogen-bond acceptors (Lipinski definition) is 4. The highest BCUT2D eigenvalue weighted by Crippen LogP contribution is 2.17. The van der Waals surface area contributed by atoms with E-state index in [1.165, 1.54) is 6.26 Å². The maximum atomic E-state index is 11.6. The quantitative estimate of drug-likeness (QED) is 0.907. The fourth-order valence-electron chi connectivity index (χ4n) is 1.75. The Morgan fingerprint density at radius 2 is 1.95 bits per heavy atom. The molecule has 100 valence electrons. The highest BCUT2D eigenvalue weighted by Gasteiger charge is 2.12. The first-order valence-electron chi connectivity index (χ1n) is 5.79. The monoisotopic (exact) mass is 278 g/mol. The van der Waals surface area contributed by atoms with Crippen LogP contribution in [-0.4, -0.2) is 26.3 Å². The van der Waals surface area contributed by atoms with Crippen molar-refractivity contribution in [1.82, 2.24) is 5.43 Å². The van der Waals surface area contributed by atoms with Gasteiger partial charge in [-0.15, -0.1) is 0 Å². The van der Waals surface area contributed by atoms with Crippen LogP contribution >= 0.6 is 0 Å². The molecule has 5 nitrogen and oxygen atoms in total. The minimum atomic E-state index is -3.26. The first-order valence-corrected chi connectivity index (χ1v) is 7.68. The Labute approximate surface area is 111 Å². The summed E-state index contributed by atoms with van der Waals surface area (Å²) in [5.41, 5.74) is 3.73. The normalized spacial score (nSPS) is 16.3. The highest BCUT2D eigenvalue weighted by molar-refractivity contribution is 7.90. The van der Waals surface area contributed by atoms with Crippen LogP contribution in [0.15, 0.2) is 40.3 Å². The SMILES string of the molecule is CS(=O)(=O)c1ccccc1C=CC1=NNC(=O)CC1. The molecule has 19 heavy (non-hydrogen) atoms. The van der Waals surface area contributed by atoms with Gasteiger partial charge in [-0.1, -0.05) is 24.3 Å². The highest BCUT2D eigenvalue weighted by atomic mass is 32.2. The molecule has 1 aliphatic heterocycles. The molecule has 0 unspecified atom stereocenters. The number of amides is 1. The van der Waals surface area contributed by atoms with Gasteiger partial charge in [0.25, 0.3) is 0 Å². The van der Waals surface area contributed by atoms with Gasteiger partial charge in [0, 0.05) is 19.1 Å². The summed E-state index contributed by atoms with van der Waals surface area (Å²) >= 11 is 0. The van der Waals surface area contributed by atoms with E-state index < -0.39 is 9.84 Å². The topological polar surface area (TPSA) is 75.6 Å². The predicted octanol–water partition coefficient (Wildman–Crippen LogP) is 1.37. The summed E-state index contributed by atoms with van der Waals surface area (Å²) in [6.45, 7) is 0. The van der Waals surface area contributed by atoms with Gasteiger partial charge in [0.1, 0.15) is 0 Å². The van der Waals surface area contributed by atoms with Crippen molar-refractivity contribution >= 4 is 27.5 Å². The van der Waals surface area contributed by atoms with Crippen molar-refractivity contribution in [2.45, 2.75) is 17.7 Å². The van der Waals surface area contributed by atoms with Crippen molar-refractivity contribution in [2.75, 3.05) is 6.26 Å². The number of carbonyl (C=O) groups excluding carboxylic acids is 1. The lowest BCUT2D eigenvalue weighted by Gasteiger charge is -2.08. The lowest BCUT2D eigenvalue weighted by atomic mass is 10.1. The average molecular weight is 278 g/mol. The largest absolute Gasteiger partial charge is 0.273 e. The molecule has 1 heterocycles. The molecule has 0 radical (unpaired) electrons. The molecule has 0 aliphatic carbocycles. The molecule has 0 fully saturated rings. The number of allylic oxidation sites excluding steroid dienone is 1. The van der Waals surface area contributed by atoms with E-state index in [-0.39, 0.29) is 10.8 Å². The van der Waals surface area contributed by atoms with Crippen molar-refractivity contribution in [3.63, 3.8) is 0 Å². The fraction of sp³-hybridized carbons (Fsp3) is 0.231. The van der Waals surface area contributed by atoms with Crippen molar-refractivity contribution < 1.29 is 13.2 Å².